The first-order chi connectivity index (χ1) is 18.5. The predicted octanol–water partition coefficient (Wildman–Crippen LogP) is 8.42. The lowest BCUT2D eigenvalue weighted by molar-refractivity contribution is -0.168. The maximum atomic E-state index is 12.6. The number of allylic oxidation sites excluding steroid dienone is 3. The van der Waals surface area contributed by atoms with Crippen LogP contribution < -0.4 is 0 Å². The summed E-state index contributed by atoms with van der Waals surface area (Å²) in [6.07, 6.45) is 24.5. The highest BCUT2D eigenvalue weighted by Gasteiger charge is 2.45. The first-order valence-corrected chi connectivity index (χ1v) is 14.9. The van der Waals surface area contributed by atoms with Crippen LogP contribution in [0, 0.1) is 0 Å². The average molecular weight is 527 g/mol. The van der Waals surface area contributed by atoms with Crippen LogP contribution in [-0.4, -0.2) is 30.8 Å². The van der Waals surface area contributed by atoms with Crippen molar-refractivity contribution in [3.63, 3.8) is 0 Å². The van der Waals surface area contributed by atoms with Gasteiger partial charge in [0.25, 0.3) is 0 Å². The predicted molar refractivity (Wildman–Crippen MR) is 154 cm³/mol. The lowest BCUT2D eigenvalue weighted by Crippen LogP contribution is -2.40. The highest BCUT2D eigenvalue weighted by Crippen LogP contribution is 2.32. The van der Waals surface area contributed by atoms with E-state index in [2.05, 4.69) is 19.1 Å². The van der Waals surface area contributed by atoms with Crippen LogP contribution in [0.5, 0.6) is 0 Å². The molecular weight excluding hydrogens is 476 g/mol. The summed E-state index contributed by atoms with van der Waals surface area (Å²) in [6, 6.07) is 9.84. The Morgan fingerprint density at radius 1 is 0.868 bits per heavy atom. The lowest BCUT2D eigenvalue weighted by atomic mass is 9.98. The normalized spacial score (nSPS) is 18.4. The number of rotatable bonds is 21. The number of carbonyl (C=O) groups is 2. The molecule has 1 fully saturated rings. The average Bonchev–Trinajstić information content (AvgIpc) is 3.23. The van der Waals surface area contributed by atoms with Crippen molar-refractivity contribution >= 4 is 11.9 Å². The first-order valence-electron chi connectivity index (χ1n) is 14.9. The maximum absolute atomic E-state index is 12.6. The summed E-state index contributed by atoms with van der Waals surface area (Å²) in [5.74, 6) is -0.720. The minimum absolute atomic E-state index is 0.00755. The van der Waals surface area contributed by atoms with Gasteiger partial charge in [-0.25, -0.2) is 4.79 Å². The van der Waals surface area contributed by atoms with Gasteiger partial charge in [0.2, 0.25) is 0 Å². The Hall–Kier alpha value is -2.40. The molecule has 212 valence electrons. The number of unbranched alkanes of at least 4 members (excludes halogenated alkanes) is 12. The Bertz CT molecular complexity index is 844. The molecule has 1 aliphatic heterocycles. The fourth-order valence-corrected chi connectivity index (χ4v) is 4.73. The van der Waals surface area contributed by atoms with Gasteiger partial charge >= 0.3 is 11.9 Å². The summed E-state index contributed by atoms with van der Waals surface area (Å²) in [5, 5.41) is 0. The molecule has 0 saturated carbocycles. The van der Waals surface area contributed by atoms with Crippen LogP contribution in [-0.2, 0) is 30.4 Å². The van der Waals surface area contributed by atoms with Crippen molar-refractivity contribution in [2.24, 2.45) is 0 Å². The van der Waals surface area contributed by atoms with E-state index in [-0.39, 0.29) is 19.2 Å². The molecule has 1 atom stereocenters. The first kappa shape index (κ1) is 31.8. The zero-order valence-corrected chi connectivity index (χ0v) is 23.9. The van der Waals surface area contributed by atoms with Crippen molar-refractivity contribution < 1.29 is 23.8 Å². The van der Waals surface area contributed by atoms with E-state index in [9.17, 15) is 9.59 Å². The van der Waals surface area contributed by atoms with Crippen LogP contribution in [0.15, 0.2) is 54.1 Å². The molecule has 1 unspecified atom stereocenters. The fraction of sp³-hybridized carbons (Fsp3) is 0.636. The second-order valence-electron chi connectivity index (χ2n) is 10.6. The third-order valence-corrected chi connectivity index (χ3v) is 6.96. The van der Waals surface area contributed by atoms with Crippen LogP contribution in [0.1, 0.15) is 116 Å². The summed E-state index contributed by atoms with van der Waals surface area (Å²) in [6.45, 7) is 4.23. The van der Waals surface area contributed by atoms with Crippen molar-refractivity contribution in [3.05, 3.63) is 59.7 Å². The lowest BCUT2D eigenvalue weighted by Gasteiger charge is -2.26. The van der Waals surface area contributed by atoms with Gasteiger partial charge in [-0.1, -0.05) is 107 Å². The molecule has 0 spiro atoms. The molecule has 1 aromatic rings. The van der Waals surface area contributed by atoms with Crippen LogP contribution in [0.2, 0.25) is 0 Å². The number of hydrogen-bond acceptors (Lipinski definition) is 5. The van der Waals surface area contributed by atoms with Gasteiger partial charge in [0.15, 0.2) is 5.60 Å². The zero-order chi connectivity index (χ0) is 27.3. The van der Waals surface area contributed by atoms with E-state index in [0.717, 1.165) is 18.4 Å². The summed E-state index contributed by atoms with van der Waals surface area (Å²) in [5.41, 5.74) is 0.752. The fourth-order valence-electron chi connectivity index (χ4n) is 4.73. The number of benzene rings is 1. The van der Waals surface area contributed by atoms with Gasteiger partial charge in [-0.05, 0) is 44.1 Å². The van der Waals surface area contributed by atoms with Crippen LogP contribution >= 0.6 is 0 Å². The van der Waals surface area contributed by atoms with Gasteiger partial charge in [0, 0.05) is 18.9 Å². The highest BCUT2D eigenvalue weighted by atomic mass is 16.6. The van der Waals surface area contributed by atoms with E-state index in [4.69, 9.17) is 14.2 Å². The second kappa shape index (κ2) is 19.6. The standard InChI is InChI=1S/C33H50O5/c1-3-4-5-6-7-8-9-10-11-12-13-14-15-16-17-21-24-31-25-33(38-32(31)35,28-37-29(2)34)27-36-26-30-22-19-18-20-23-30/h10-11,18-20,22-24H,3-9,12-17,21,25-28H2,1-2H3/b11-10-,31-24-. The molecule has 1 saturated heterocycles. The van der Waals surface area contributed by atoms with Crippen molar-refractivity contribution in [1.29, 1.82) is 0 Å². The van der Waals surface area contributed by atoms with Gasteiger partial charge < -0.3 is 14.2 Å². The molecule has 0 aliphatic carbocycles. The Morgan fingerprint density at radius 2 is 1.47 bits per heavy atom. The molecule has 38 heavy (non-hydrogen) atoms. The molecule has 2 rings (SSSR count). The van der Waals surface area contributed by atoms with E-state index in [1.165, 1.54) is 84.0 Å². The van der Waals surface area contributed by atoms with Gasteiger partial charge in [-0.15, -0.1) is 0 Å². The SMILES string of the molecule is CCCCCCCC/C=C\CCCCCCC/C=C1/CC(COCc2ccccc2)(COC(C)=O)OC1=O. The molecule has 1 heterocycles. The Morgan fingerprint density at radius 3 is 2.11 bits per heavy atom. The maximum Gasteiger partial charge on any atom is 0.334 e. The number of ether oxygens (including phenoxy) is 3. The smallest absolute Gasteiger partial charge is 0.334 e. The number of cyclic esters (lactones) is 1. The minimum Gasteiger partial charge on any atom is -0.462 e. The largest absolute Gasteiger partial charge is 0.462 e. The Balaban J connectivity index is 1.61. The third kappa shape index (κ3) is 13.9. The van der Waals surface area contributed by atoms with Gasteiger partial charge in [-0.3, -0.25) is 4.79 Å². The van der Waals surface area contributed by atoms with Crippen LogP contribution in [0.4, 0.5) is 0 Å². The molecule has 5 heteroatoms. The van der Waals surface area contributed by atoms with E-state index in [1.54, 1.807) is 0 Å². The van der Waals surface area contributed by atoms with Crippen molar-refractivity contribution in [3.8, 4) is 0 Å². The third-order valence-electron chi connectivity index (χ3n) is 6.96. The highest BCUT2D eigenvalue weighted by molar-refractivity contribution is 5.91. The summed E-state index contributed by atoms with van der Waals surface area (Å²) in [4.78, 5) is 24.0. The Labute approximate surface area is 231 Å². The second-order valence-corrected chi connectivity index (χ2v) is 10.6. The van der Waals surface area contributed by atoms with Crippen molar-refractivity contribution in [1.82, 2.24) is 0 Å². The minimum atomic E-state index is -0.952. The van der Waals surface area contributed by atoms with Crippen LogP contribution in [0.25, 0.3) is 0 Å². The van der Waals surface area contributed by atoms with Gasteiger partial charge in [0.1, 0.15) is 6.61 Å². The van der Waals surface area contributed by atoms with Crippen molar-refractivity contribution in [2.45, 2.75) is 122 Å². The summed E-state index contributed by atoms with van der Waals surface area (Å²) < 4.78 is 16.8. The summed E-state index contributed by atoms with van der Waals surface area (Å²) >= 11 is 0. The van der Waals surface area contributed by atoms with Crippen LogP contribution in [0.3, 0.4) is 0 Å². The number of carbonyl (C=O) groups excluding carboxylic acids is 2. The number of esters is 2. The zero-order valence-electron chi connectivity index (χ0n) is 23.9. The Kier molecular flexibility index (Phi) is 16.4. The molecule has 0 aromatic heterocycles. The summed E-state index contributed by atoms with van der Waals surface area (Å²) in [7, 11) is 0. The quantitative estimate of drug-likeness (QED) is 0.0696. The van der Waals surface area contributed by atoms with E-state index >= 15 is 0 Å². The molecule has 0 radical (unpaired) electrons. The van der Waals surface area contributed by atoms with Crippen molar-refractivity contribution in [2.75, 3.05) is 13.2 Å². The van der Waals surface area contributed by atoms with E-state index in [0.29, 0.717) is 18.6 Å². The molecule has 1 aliphatic rings. The molecule has 0 bridgehead atoms. The monoisotopic (exact) mass is 526 g/mol. The van der Waals surface area contributed by atoms with Gasteiger partial charge in [-0.2, -0.15) is 0 Å². The van der Waals surface area contributed by atoms with E-state index < -0.39 is 11.6 Å². The molecule has 1 aromatic carbocycles. The van der Waals surface area contributed by atoms with Gasteiger partial charge in [0.05, 0.1) is 13.2 Å². The van der Waals surface area contributed by atoms with E-state index in [1.807, 2.05) is 36.4 Å². The molecule has 0 amide bonds. The molecule has 5 nitrogen and oxygen atoms in total. The molecule has 0 N–H and O–H groups in total. The topological polar surface area (TPSA) is 61.8 Å². The number of hydrogen-bond donors (Lipinski definition) is 0. The molecular formula is C33H50O5.